The van der Waals surface area contributed by atoms with Crippen molar-refractivity contribution in [2.24, 2.45) is 5.92 Å². The van der Waals surface area contributed by atoms with Crippen molar-refractivity contribution >= 4 is 33.4 Å². The first-order valence-corrected chi connectivity index (χ1v) is 15.9. The molecule has 4 rings (SSSR count). The number of quaternary nitrogens is 1. The van der Waals surface area contributed by atoms with Crippen LogP contribution in [0.3, 0.4) is 0 Å². The Labute approximate surface area is 252 Å². The van der Waals surface area contributed by atoms with Gasteiger partial charge < -0.3 is 24.8 Å². The maximum Gasteiger partial charge on any atom is 0.333 e. The van der Waals surface area contributed by atoms with Crippen LogP contribution in [0.1, 0.15) is 55.1 Å². The number of hydrogen-bond donors (Lipinski definition) is 2. The summed E-state index contributed by atoms with van der Waals surface area (Å²) in [6, 6.07) is 24.0. The zero-order valence-electron chi connectivity index (χ0n) is 24.2. The molecule has 0 amide bonds. The van der Waals surface area contributed by atoms with Crippen LogP contribution in [-0.4, -0.2) is 50.0 Å². The Morgan fingerprint density at radius 3 is 2.20 bits per heavy atom. The number of esters is 1. The molecule has 220 valence electrons. The van der Waals surface area contributed by atoms with Gasteiger partial charge >= 0.3 is 5.97 Å². The summed E-state index contributed by atoms with van der Waals surface area (Å²) in [5, 5.41) is 5.27. The smallest absolute Gasteiger partial charge is 0.333 e. The molecule has 0 bridgehead atoms. The fourth-order valence-electron chi connectivity index (χ4n) is 4.83. The third kappa shape index (κ3) is 9.61. The van der Waals surface area contributed by atoms with E-state index in [0.717, 1.165) is 30.5 Å². The van der Waals surface area contributed by atoms with E-state index >= 15 is 0 Å². The van der Waals surface area contributed by atoms with Crippen molar-refractivity contribution in [1.29, 1.82) is 0 Å². The molecule has 8 heteroatoms. The Kier molecular flexibility index (Phi) is 13.7. The zero-order chi connectivity index (χ0) is 29.5. The van der Waals surface area contributed by atoms with Crippen LogP contribution in [0.15, 0.2) is 78.9 Å². The molecule has 3 aromatic carbocycles. The van der Waals surface area contributed by atoms with Crippen molar-refractivity contribution in [2.45, 2.75) is 45.3 Å². The van der Waals surface area contributed by atoms with Gasteiger partial charge in [-0.3, -0.25) is 4.79 Å². The monoisotopic (exact) mass is 625 g/mol. The highest BCUT2D eigenvalue weighted by Gasteiger charge is 2.30. The van der Waals surface area contributed by atoms with Gasteiger partial charge in [0.2, 0.25) is 5.78 Å². The fourth-order valence-corrected chi connectivity index (χ4v) is 4.83. The molecule has 0 spiro atoms. The van der Waals surface area contributed by atoms with Crippen LogP contribution < -0.4 is 20.1 Å². The Hall–Kier alpha value is -3.36. The molecule has 0 fully saturated rings. The highest BCUT2D eigenvalue weighted by molar-refractivity contribution is 9.08. The van der Waals surface area contributed by atoms with Gasteiger partial charge in [0, 0.05) is 23.6 Å². The first-order valence-electron chi connectivity index (χ1n) is 14.3. The third-order valence-corrected chi connectivity index (χ3v) is 7.09. The van der Waals surface area contributed by atoms with Crippen molar-refractivity contribution in [1.82, 2.24) is 0 Å². The molecular formula is C33H42BrN2O5+. The molecule has 0 saturated carbocycles. The Bertz CT molecular complexity index is 1200. The molecule has 41 heavy (non-hydrogen) atoms. The van der Waals surface area contributed by atoms with Crippen molar-refractivity contribution in [3.63, 3.8) is 0 Å². The number of carbonyl (C=O) groups excluding carboxylic acids is 2. The van der Waals surface area contributed by atoms with Gasteiger partial charge in [-0.05, 0) is 54.6 Å². The summed E-state index contributed by atoms with van der Waals surface area (Å²) >= 11 is 2.94. The van der Waals surface area contributed by atoms with Gasteiger partial charge in [-0.1, -0.05) is 78.3 Å². The van der Waals surface area contributed by atoms with Crippen molar-refractivity contribution in [3.8, 4) is 11.5 Å². The van der Waals surface area contributed by atoms with Crippen molar-refractivity contribution in [3.05, 3.63) is 90.0 Å². The highest BCUT2D eigenvalue weighted by Crippen LogP contribution is 2.30. The van der Waals surface area contributed by atoms with Crippen LogP contribution in [0.4, 0.5) is 5.69 Å². The van der Waals surface area contributed by atoms with Crippen LogP contribution in [0.25, 0.3) is 0 Å². The maximum absolute atomic E-state index is 13.6. The lowest BCUT2D eigenvalue weighted by Crippen LogP contribution is -2.88. The second-order valence-electron chi connectivity index (χ2n) is 9.77. The number of para-hydroxylation sites is 1. The predicted molar refractivity (Wildman–Crippen MR) is 166 cm³/mol. The number of ketones is 1. The number of anilines is 1. The van der Waals surface area contributed by atoms with Gasteiger partial charge in [-0.25, -0.2) is 4.79 Å². The molecule has 3 aromatic rings. The zero-order valence-corrected chi connectivity index (χ0v) is 25.8. The molecule has 1 heterocycles. The van der Waals surface area contributed by atoms with E-state index in [9.17, 15) is 9.59 Å². The number of nitrogens with one attached hydrogen (secondary N) is 1. The van der Waals surface area contributed by atoms with E-state index in [1.165, 1.54) is 0 Å². The molecular weight excluding hydrogens is 584 g/mol. The van der Waals surface area contributed by atoms with Gasteiger partial charge in [-0.15, -0.1) is 0 Å². The lowest BCUT2D eigenvalue weighted by molar-refractivity contribution is -0.650. The van der Waals surface area contributed by atoms with Crippen LogP contribution in [-0.2, 0) is 9.53 Å². The number of fused-ring (bicyclic) bond motifs is 1. The molecule has 1 aliphatic heterocycles. The minimum atomic E-state index is -0.645. The third-order valence-electron chi connectivity index (χ3n) is 7.09. The maximum atomic E-state index is 13.6. The SMILES string of the molecule is CBr.CCC(CC)[C@H](C[NH2+]CC(=O)c1ccc2c(c1)OCCCO2)OC(=O)[C@H](Nc1ccccc1)c1ccccc1. The van der Waals surface area contributed by atoms with E-state index in [2.05, 4.69) is 35.1 Å². The lowest BCUT2D eigenvalue weighted by Gasteiger charge is -2.27. The number of hydrogen-bond acceptors (Lipinski definition) is 6. The lowest BCUT2D eigenvalue weighted by atomic mass is 9.96. The first kappa shape index (κ1) is 32.2. The summed E-state index contributed by atoms with van der Waals surface area (Å²) in [4.78, 5) is 26.6. The average molecular weight is 627 g/mol. The van der Waals surface area contributed by atoms with E-state index in [1.54, 1.807) is 18.2 Å². The van der Waals surface area contributed by atoms with Crippen LogP contribution in [0.5, 0.6) is 11.5 Å². The van der Waals surface area contributed by atoms with Gasteiger partial charge in [0.1, 0.15) is 13.1 Å². The Balaban J connectivity index is 0.00000226. The Morgan fingerprint density at radius 1 is 0.902 bits per heavy atom. The number of carbonyl (C=O) groups is 2. The largest absolute Gasteiger partial charge is 0.490 e. The molecule has 2 atom stereocenters. The molecule has 0 saturated heterocycles. The second kappa shape index (κ2) is 17.5. The van der Waals surface area contributed by atoms with Gasteiger partial charge in [0.25, 0.3) is 0 Å². The van der Waals surface area contributed by atoms with E-state index in [4.69, 9.17) is 14.2 Å². The van der Waals surface area contributed by atoms with Crippen LogP contribution in [0, 0.1) is 5.92 Å². The number of halogens is 1. The second-order valence-corrected chi connectivity index (χ2v) is 9.77. The molecule has 0 radical (unpaired) electrons. The number of nitrogens with two attached hydrogens (primary N) is 1. The number of Topliss-reactive ketones (excluding diaryl/α,β-unsaturated/α-hetero) is 1. The topological polar surface area (TPSA) is 90.5 Å². The standard InChI is InChI=1S/C32H38N2O5.CH3Br/c1-3-23(4-2)30(22-33-21-27(35)25-16-17-28-29(20-25)38-19-11-18-37-28)39-32(36)31(24-12-7-5-8-13-24)34-26-14-9-6-10-15-26;1-2/h5-10,12-17,20,23,30-31,33-34H,3-4,11,18-19,21-22H2,1-2H3;1H3/p+1/t30-,31+;/m0./s1. The minimum absolute atomic E-state index is 0.00632. The van der Waals surface area contributed by atoms with Crippen molar-refractivity contribution in [2.75, 3.05) is 37.5 Å². The molecule has 0 unspecified atom stereocenters. The summed E-state index contributed by atoms with van der Waals surface area (Å²) in [5.41, 5.74) is 2.26. The van der Waals surface area contributed by atoms with Crippen molar-refractivity contribution < 1.29 is 29.1 Å². The van der Waals surface area contributed by atoms with Crippen LogP contribution in [0.2, 0.25) is 0 Å². The predicted octanol–water partition coefficient (Wildman–Crippen LogP) is 5.81. The number of alkyl halides is 1. The normalized spacial score (nSPS) is 13.7. The van der Waals surface area contributed by atoms with E-state index in [1.807, 2.05) is 71.8 Å². The number of rotatable bonds is 13. The molecule has 0 aliphatic carbocycles. The van der Waals surface area contributed by atoms with Gasteiger partial charge in [0.15, 0.2) is 23.6 Å². The summed E-state index contributed by atoms with van der Waals surface area (Å²) in [6.07, 6.45) is 2.24. The minimum Gasteiger partial charge on any atom is -0.490 e. The highest BCUT2D eigenvalue weighted by atomic mass is 79.9. The van der Waals surface area contributed by atoms with E-state index in [-0.39, 0.29) is 30.3 Å². The summed E-state index contributed by atoms with van der Waals surface area (Å²) < 4.78 is 17.6. The number of benzene rings is 3. The van der Waals surface area contributed by atoms with Gasteiger partial charge in [0.05, 0.1) is 13.2 Å². The van der Waals surface area contributed by atoms with E-state index in [0.29, 0.717) is 36.8 Å². The Morgan fingerprint density at radius 2 is 1.54 bits per heavy atom. The van der Waals surface area contributed by atoms with E-state index < -0.39 is 6.04 Å². The van der Waals surface area contributed by atoms with Gasteiger partial charge in [-0.2, -0.15) is 0 Å². The first-order chi connectivity index (χ1) is 20.1. The summed E-state index contributed by atoms with van der Waals surface area (Å²) in [6.45, 7) is 6.14. The number of ether oxygens (including phenoxy) is 3. The molecule has 7 nitrogen and oxygen atoms in total. The summed E-state index contributed by atoms with van der Waals surface area (Å²) in [5.74, 6) is 2.95. The molecule has 0 aromatic heterocycles. The summed E-state index contributed by atoms with van der Waals surface area (Å²) in [7, 11) is 0. The van der Waals surface area contributed by atoms with Crippen LogP contribution >= 0.6 is 15.9 Å². The fraction of sp³-hybridized carbons (Fsp3) is 0.394. The molecule has 1 aliphatic rings. The quantitative estimate of drug-likeness (QED) is 0.142. The average Bonchev–Trinajstić information content (AvgIpc) is 3.27. The molecule has 3 N–H and O–H groups in total.